The molecule has 1 aromatic carbocycles. The van der Waals surface area contributed by atoms with Gasteiger partial charge in [-0.15, -0.1) is 0 Å². The Morgan fingerprint density at radius 2 is 2.00 bits per heavy atom. The summed E-state index contributed by atoms with van der Waals surface area (Å²) in [5.74, 6) is -0.0318. The molecule has 0 aliphatic heterocycles. The van der Waals surface area contributed by atoms with E-state index in [9.17, 15) is 4.39 Å². The number of hydrogen-bond acceptors (Lipinski definition) is 1. The van der Waals surface area contributed by atoms with Gasteiger partial charge in [0.15, 0.2) is 0 Å². The molecule has 2 heteroatoms. The Kier molecular flexibility index (Phi) is 2.28. The topological polar surface area (TPSA) is 26.0 Å². The molecule has 3 rings (SSSR count). The molecule has 2 N–H and O–H groups in total. The maximum atomic E-state index is 13.8. The van der Waals surface area contributed by atoms with Gasteiger partial charge in [-0.25, -0.2) is 4.39 Å². The minimum Gasteiger partial charge on any atom is -0.327 e. The van der Waals surface area contributed by atoms with E-state index >= 15 is 0 Å². The van der Waals surface area contributed by atoms with Crippen molar-refractivity contribution in [3.05, 3.63) is 35.1 Å². The van der Waals surface area contributed by atoms with Crippen molar-refractivity contribution in [2.45, 2.75) is 50.0 Å². The average Bonchev–Trinajstić information content (AvgIpc) is 2.75. The quantitative estimate of drug-likeness (QED) is 0.713. The van der Waals surface area contributed by atoms with Crippen molar-refractivity contribution in [1.82, 2.24) is 0 Å². The van der Waals surface area contributed by atoms with Gasteiger partial charge in [-0.05, 0) is 42.9 Å². The van der Waals surface area contributed by atoms with E-state index in [0.29, 0.717) is 0 Å². The molecule has 86 valence electrons. The first-order valence-electron chi connectivity index (χ1n) is 6.27. The van der Waals surface area contributed by atoms with Crippen LogP contribution in [0.15, 0.2) is 18.2 Å². The number of halogens is 1. The highest BCUT2D eigenvalue weighted by Crippen LogP contribution is 2.48. The average molecular weight is 219 g/mol. The van der Waals surface area contributed by atoms with E-state index in [1.165, 1.54) is 18.4 Å². The highest BCUT2D eigenvalue weighted by atomic mass is 19.1. The van der Waals surface area contributed by atoms with Crippen LogP contribution in [0.5, 0.6) is 0 Å². The Morgan fingerprint density at radius 3 is 2.75 bits per heavy atom. The first-order chi connectivity index (χ1) is 7.74. The molecule has 2 aliphatic rings. The van der Waals surface area contributed by atoms with Crippen LogP contribution in [-0.4, -0.2) is 6.04 Å². The van der Waals surface area contributed by atoms with Gasteiger partial charge in [-0.2, -0.15) is 0 Å². The van der Waals surface area contributed by atoms with E-state index in [0.717, 1.165) is 31.2 Å². The fourth-order valence-corrected chi connectivity index (χ4v) is 3.70. The third-order valence-corrected chi connectivity index (χ3v) is 4.57. The van der Waals surface area contributed by atoms with Crippen molar-refractivity contribution >= 4 is 0 Å². The molecule has 1 saturated carbocycles. The van der Waals surface area contributed by atoms with E-state index < -0.39 is 0 Å². The fourth-order valence-electron chi connectivity index (χ4n) is 3.70. The van der Waals surface area contributed by atoms with Crippen LogP contribution in [0.1, 0.15) is 43.2 Å². The molecule has 0 radical (unpaired) electrons. The monoisotopic (exact) mass is 219 g/mol. The second kappa shape index (κ2) is 3.56. The molecule has 2 aliphatic carbocycles. The lowest BCUT2D eigenvalue weighted by Gasteiger charge is -2.41. The second-order valence-electron chi connectivity index (χ2n) is 5.27. The Bertz CT molecular complexity index is 407. The molecule has 0 aromatic heterocycles. The molecule has 1 spiro atoms. The molecule has 1 nitrogen and oxygen atoms in total. The summed E-state index contributed by atoms with van der Waals surface area (Å²) in [6.07, 6.45) is 6.52. The lowest BCUT2D eigenvalue weighted by Crippen LogP contribution is -2.47. The lowest BCUT2D eigenvalue weighted by molar-refractivity contribution is 0.309. The maximum absolute atomic E-state index is 13.8. The van der Waals surface area contributed by atoms with Crippen molar-refractivity contribution in [3.8, 4) is 0 Å². The zero-order chi connectivity index (χ0) is 11.2. The Hall–Kier alpha value is -0.890. The third kappa shape index (κ3) is 1.26. The van der Waals surface area contributed by atoms with Gasteiger partial charge in [0.05, 0.1) is 0 Å². The zero-order valence-electron chi connectivity index (χ0n) is 9.51. The molecular weight excluding hydrogens is 201 g/mol. The molecule has 0 heterocycles. The van der Waals surface area contributed by atoms with E-state index in [4.69, 9.17) is 5.73 Å². The van der Waals surface area contributed by atoms with Gasteiger partial charge < -0.3 is 5.73 Å². The molecular formula is C14H18FN. The predicted molar refractivity (Wildman–Crippen MR) is 62.8 cm³/mol. The van der Waals surface area contributed by atoms with Crippen molar-refractivity contribution in [2.75, 3.05) is 0 Å². The minimum atomic E-state index is -0.0318. The molecule has 1 atom stereocenters. The normalized spacial score (nSPS) is 27.0. The van der Waals surface area contributed by atoms with Crippen LogP contribution in [0.2, 0.25) is 0 Å². The van der Waals surface area contributed by atoms with Crippen molar-refractivity contribution in [2.24, 2.45) is 5.73 Å². The lowest BCUT2D eigenvalue weighted by atomic mass is 9.66. The Morgan fingerprint density at radius 1 is 1.25 bits per heavy atom. The standard InChI is InChI=1S/C14H18FN/c15-12-5-3-4-11-10(12)6-7-13(16)14(11)8-1-2-9-14/h3-5,13H,1-2,6-9,16H2. The maximum Gasteiger partial charge on any atom is 0.126 e. The largest absolute Gasteiger partial charge is 0.327 e. The molecule has 0 bridgehead atoms. The van der Waals surface area contributed by atoms with E-state index in [2.05, 4.69) is 6.07 Å². The van der Waals surface area contributed by atoms with Crippen LogP contribution in [-0.2, 0) is 11.8 Å². The SMILES string of the molecule is NC1CCc2c(F)cccc2C12CCCC2. The van der Waals surface area contributed by atoms with Crippen molar-refractivity contribution < 1.29 is 4.39 Å². The van der Waals surface area contributed by atoms with E-state index in [1.54, 1.807) is 6.07 Å². The summed E-state index contributed by atoms with van der Waals surface area (Å²) in [4.78, 5) is 0. The molecule has 0 saturated heterocycles. The summed E-state index contributed by atoms with van der Waals surface area (Å²) >= 11 is 0. The Labute approximate surface area is 95.8 Å². The minimum absolute atomic E-state index is 0.0318. The predicted octanol–water partition coefficient (Wildman–Crippen LogP) is 2.91. The summed E-state index contributed by atoms with van der Waals surface area (Å²) in [6, 6.07) is 5.75. The fraction of sp³-hybridized carbons (Fsp3) is 0.571. The second-order valence-corrected chi connectivity index (χ2v) is 5.27. The molecule has 0 amide bonds. The zero-order valence-corrected chi connectivity index (χ0v) is 9.51. The van der Waals surface area contributed by atoms with Crippen LogP contribution >= 0.6 is 0 Å². The van der Waals surface area contributed by atoms with E-state index in [-0.39, 0.29) is 17.3 Å². The van der Waals surface area contributed by atoms with Gasteiger partial charge in [-0.3, -0.25) is 0 Å². The highest BCUT2D eigenvalue weighted by molar-refractivity contribution is 5.40. The van der Waals surface area contributed by atoms with Crippen LogP contribution in [0.3, 0.4) is 0 Å². The van der Waals surface area contributed by atoms with Gasteiger partial charge in [-0.1, -0.05) is 25.0 Å². The summed E-state index contributed by atoms with van der Waals surface area (Å²) in [5, 5.41) is 0. The molecule has 1 aromatic rings. The first kappa shape index (κ1) is 10.3. The molecule has 16 heavy (non-hydrogen) atoms. The number of hydrogen-bond donors (Lipinski definition) is 1. The number of fused-ring (bicyclic) bond motifs is 2. The van der Waals surface area contributed by atoms with Crippen LogP contribution in [0.25, 0.3) is 0 Å². The van der Waals surface area contributed by atoms with Gasteiger partial charge in [0, 0.05) is 11.5 Å². The summed E-state index contributed by atoms with van der Waals surface area (Å²) < 4.78 is 13.8. The number of benzene rings is 1. The van der Waals surface area contributed by atoms with Gasteiger partial charge in [0.25, 0.3) is 0 Å². The molecule has 1 unspecified atom stereocenters. The smallest absolute Gasteiger partial charge is 0.126 e. The third-order valence-electron chi connectivity index (χ3n) is 4.57. The summed E-state index contributed by atoms with van der Waals surface area (Å²) in [6.45, 7) is 0. The van der Waals surface area contributed by atoms with Gasteiger partial charge >= 0.3 is 0 Å². The van der Waals surface area contributed by atoms with Crippen LogP contribution < -0.4 is 5.73 Å². The van der Waals surface area contributed by atoms with Gasteiger partial charge in [0.2, 0.25) is 0 Å². The summed E-state index contributed by atoms with van der Waals surface area (Å²) in [7, 11) is 0. The number of rotatable bonds is 0. The number of nitrogens with two attached hydrogens (primary N) is 1. The van der Waals surface area contributed by atoms with Crippen LogP contribution in [0.4, 0.5) is 4.39 Å². The Balaban J connectivity index is 2.17. The van der Waals surface area contributed by atoms with Gasteiger partial charge in [0.1, 0.15) is 5.82 Å². The van der Waals surface area contributed by atoms with Crippen LogP contribution in [0, 0.1) is 5.82 Å². The van der Waals surface area contributed by atoms with Crippen molar-refractivity contribution in [1.29, 1.82) is 0 Å². The van der Waals surface area contributed by atoms with Crippen molar-refractivity contribution in [3.63, 3.8) is 0 Å². The highest BCUT2D eigenvalue weighted by Gasteiger charge is 2.44. The summed E-state index contributed by atoms with van der Waals surface area (Å²) in [5.41, 5.74) is 8.56. The van der Waals surface area contributed by atoms with E-state index in [1.807, 2.05) is 6.07 Å². The molecule has 1 fully saturated rings. The first-order valence-corrected chi connectivity index (χ1v) is 6.27.